The van der Waals surface area contributed by atoms with Crippen molar-refractivity contribution in [3.05, 3.63) is 58.3 Å². The molecule has 140 valence electrons. The van der Waals surface area contributed by atoms with Crippen LogP contribution in [0, 0.1) is 13.8 Å². The summed E-state index contributed by atoms with van der Waals surface area (Å²) in [5.74, 6) is -2.06. The van der Waals surface area contributed by atoms with Crippen LogP contribution in [0.25, 0.3) is 5.65 Å². The van der Waals surface area contributed by atoms with Crippen LogP contribution >= 0.6 is 0 Å². The fourth-order valence-electron chi connectivity index (χ4n) is 2.64. The number of rotatable bonds is 3. The van der Waals surface area contributed by atoms with Crippen LogP contribution in [-0.2, 0) is 6.18 Å². The van der Waals surface area contributed by atoms with Crippen LogP contribution in [0.2, 0.25) is 0 Å². The number of nitrogens with one attached hydrogen (secondary N) is 1. The van der Waals surface area contributed by atoms with Gasteiger partial charge >= 0.3 is 12.1 Å². The Balaban J connectivity index is 1.93. The molecule has 0 aliphatic rings. The smallest absolute Gasteiger partial charge is 0.416 e. The van der Waals surface area contributed by atoms with Crippen LogP contribution in [0.5, 0.6) is 0 Å². The SMILES string of the molecule is Cc1cc(C)n2nc(NC(=O)c3ccc(C(F)(F)F)cc3)nc2c1C(=O)O. The molecular weight excluding hydrogens is 365 g/mol. The van der Waals surface area contributed by atoms with Gasteiger partial charge in [-0.05, 0) is 49.7 Å². The van der Waals surface area contributed by atoms with Gasteiger partial charge in [0.25, 0.3) is 5.91 Å². The van der Waals surface area contributed by atoms with Crippen LogP contribution in [0.1, 0.15) is 37.5 Å². The van der Waals surface area contributed by atoms with Crippen molar-refractivity contribution in [2.75, 3.05) is 5.32 Å². The van der Waals surface area contributed by atoms with Gasteiger partial charge in [0.15, 0.2) is 5.65 Å². The van der Waals surface area contributed by atoms with Crippen molar-refractivity contribution in [3.8, 4) is 0 Å². The number of halogens is 3. The predicted octanol–water partition coefficient (Wildman–Crippen LogP) is 3.32. The average molecular weight is 378 g/mol. The number of nitrogens with zero attached hydrogens (tertiary/aromatic N) is 3. The lowest BCUT2D eigenvalue weighted by molar-refractivity contribution is -0.137. The zero-order chi connectivity index (χ0) is 19.9. The minimum absolute atomic E-state index is 0.0202. The molecule has 0 saturated heterocycles. The summed E-state index contributed by atoms with van der Waals surface area (Å²) in [6.45, 7) is 3.31. The Morgan fingerprint density at radius 2 is 1.78 bits per heavy atom. The van der Waals surface area contributed by atoms with E-state index in [9.17, 15) is 27.9 Å². The highest BCUT2D eigenvalue weighted by Crippen LogP contribution is 2.29. The fourth-order valence-corrected chi connectivity index (χ4v) is 2.64. The topological polar surface area (TPSA) is 96.6 Å². The molecule has 0 aliphatic heterocycles. The van der Waals surface area contributed by atoms with Crippen molar-refractivity contribution in [1.29, 1.82) is 0 Å². The van der Waals surface area contributed by atoms with Gasteiger partial charge in [-0.25, -0.2) is 9.31 Å². The van der Waals surface area contributed by atoms with Gasteiger partial charge in [0.1, 0.15) is 5.56 Å². The summed E-state index contributed by atoms with van der Waals surface area (Å²) in [6, 6.07) is 5.27. The van der Waals surface area contributed by atoms with Gasteiger partial charge in [-0.2, -0.15) is 18.2 Å². The molecule has 0 fully saturated rings. The number of pyridine rings is 1. The normalized spacial score (nSPS) is 11.6. The molecule has 7 nitrogen and oxygen atoms in total. The van der Waals surface area contributed by atoms with E-state index in [1.54, 1.807) is 19.9 Å². The number of carbonyl (C=O) groups is 2. The number of benzene rings is 1. The van der Waals surface area contributed by atoms with E-state index in [0.29, 0.717) is 11.3 Å². The number of hydrogen-bond acceptors (Lipinski definition) is 4. The molecule has 2 N–H and O–H groups in total. The second kappa shape index (κ2) is 6.38. The first-order chi connectivity index (χ1) is 12.6. The number of carbonyl (C=O) groups excluding carboxylic acids is 1. The third-order valence-electron chi connectivity index (χ3n) is 3.90. The molecule has 2 heterocycles. The van der Waals surface area contributed by atoms with Gasteiger partial charge in [0, 0.05) is 11.3 Å². The summed E-state index contributed by atoms with van der Waals surface area (Å²) in [6.07, 6.45) is -4.50. The van der Waals surface area contributed by atoms with Crippen LogP contribution in [0.3, 0.4) is 0 Å². The second-order valence-corrected chi connectivity index (χ2v) is 5.85. The lowest BCUT2D eigenvalue weighted by Gasteiger charge is -2.07. The van der Waals surface area contributed by atoms with E-state index in [0.717, 1.165) is 24.3 Å². The highest BCUT2D eigenvalue weighted by atomic mass is 19.4. The number of carboxylic acid groups (broad SMARTS) is 1. The molecule has 0 bridgehead atoms. The van der Waals surface area contributed by atoms with Gasteiger partial charge in [0.05, 0.1) is 5.56 Å². The first-order valence-corrected chi connectivity index (χ1v) is 7.67. The van der Waals surface area contributed by atoms with Gasteiger partial charge in [-0.3, -0.25) is 10.1 Å². The molecular formula is C17H13F3N4O3. The van der Waals surface area contributed by atoms with Gasteiger partial charge in [-0.1, -0.05) is 0 Å². The molecule has 0 aliphatic carbocycles. The van der Waals surface area contributed by atoms with Gasteiger partial charge in [0.2, 0.25) is 5.95 Å². The Labute approximate surface area is 150 Å². The number of aromatic carboxylic acids is 1. The maximum absolute atomic E-state index is 12.6. The second-order valence-electron chi connectivity index (χ2n) is 5.85. The molecule has 2 aromatic heterocycles. The van der Waals surface area contributed by atoms with Crippen molar-refractivity contribution in [3.63, 3.8) is 0 Å². The molecule has 27 heavy (non-hydrogen) atoms. The Kier molecular flexibility index (Phi) is 4.34. The minimum atomic E-state index is -4.50. The fraction of sp³-hybridized carbons (Fsp3) is 0.176. The van der Waals surface area contributed by atoms with Crippen molar-refractivity contribution < 1.29 is 27.9 Å². The van der Waals surface area contributed by atoms with E-state index in [-0.39, 0.29) is 22.7 Å². The summed E-state index contributed by atoms with van der Waals surface area (Å²) < 4.78 is 39.0. The van der Waals surface area contributed by atoms with E-state index in [4.69, 9.17) is 0 Å². The Hall–Kier alpha value is -3.43. The van der Waals surface area contributed by atoms with E-state index in [1.165, 1.54) is 4.52 Å². The molecule has 1 amide bonds. The van der Waals surface area contributed by atoms with E-state index in [2.05, 4.69) is 15.4 Å². The van der Waals surface area contributed by atoms with Crippen LogP contribution < -0.4 is 5.32 Å². The molecule has 3 aromatic rings. The summed E-state index contributed by atoms with van der Waals surface area (Å²) in [7, 11) is 0. The Morgan fingerprint density at radius 1 is 1.15 bits per heavy atom. The molecule has 0 spiro atoms. The van der Waals surface area contributed by atoms with E-state index >= 15 is 0 Å². The van der Waals surface area contributed by atoms with Crippen LogP contribution in [-0.4, -0.2) is 31.6 Å². The first-order valence-electron chi connectivity index (χ1n) is 7.67. The van der Waals surface area contributed by atoms with Crippen molar-refractivity contribution in [1.82, 2.24) is 14.6 Å². The number of amides is 1. The molecule has 0 unspecified atom stereocenters. The number of alkyl halides is 3. The highest BCUT2D eigenvalue weighted by molar-refractivity contribution is 6.03. The largest absolute Gasteiger partial charge is 0.478 e. The standard InChI is InChI=1S/C17H13F3N4O3/c1-8-7-9(2)24-13(12(8)15(26)27)21-16(23-24)22-14(25)10-3-5-11(6-4-10)17(18,19)20/h3-7H,1-2H3,(H,26,27)(H,22,23,25). The van der Waals surface area contributed by atoms with E-state index in [1.807, 2.05) is 0 Å². The van der Waals surface area contributed by atoms with Crippen LogP contribution in [0.4, 0.5) is 19.1 Å². The third-order valence-corrected chi connectivity index (χ3v) is 3.90. The van der Waals surface area contributed by atoms with Crippen molar-refractivity contribution in [2.24, 2.45) is 0 Å². The van der Waals surface area contributed by atoms with E-state index < -0.39 is 23.6 Å². The van der Waals surface area contributed by atoms with Crippen LogP contribution in [0.15, 0.2) is 30.3 Å². The van der Waals surface area contributed by atoms with Gasteiger partial charge < -0.3 is 5.11 Å². The molecule has 1 aromatic carbocycles. The number of aryl methyl sites for hydroxylation is 2. The predicted molar refractivity (Wildman–Crippen MR) is 88.8 cm³/mol. The monoisotopic (exact) mass is 378 g/mol. The highest BCUT2D eigenvalue weighted by Gasteiger charge is 2.30. The summed E-state index contributed by atoms with van der Waals surface area (Å²) in [5.41, 5.74) is 0.205. The lowest BCUT2D eigenvalue weighted by atomic mass is 10.1. The quantitative estimate of drug-likeness (QED) is 0.729. The number of carboxylic acids is 1. The lowest BCUT2D eigenvalue weighted by Crippen LogP contribution is -2.14. The maximum atomic E-state index is 12.6. The zero-order valence-electron chi connectivity index (χ0n) is 14.1. The Bertz CT molecular complexity index is 1060. The number of hydrogen-bond donors (Lipinski definition) is 2. The molecule has 0 atom stereocenters. The number of fused-ring (bicyclic) bond motifs is 1. The Morgan fingerprint density at radius 3 is 2.33 bits per heavy atom. The zero-order valence-corrected chi connectivity index (χ0v) is 14.1. The van der Waals surface area contributed by atoms with Crippen molar-refractivity contribution >= 4 is 23.5 Å². The molecule has 0 saturated carbocycles. The third kappa shape index (κ3) is 3.46. The molecule has 10 heteroatoms. The molecule has 3 rings (SSSR count). The average Bonchev–Trinajstić information content (AvgIpc) is 2.97. The summed E-state index contributed by atoms with van der Waals surface area (Å²) >= 11 is 0. The molecule has 0 radical (unpaired) electrons. The summed E-state index contributed by atoms with van der Waals surface area (Å²) in [4.78, 5) is 27.7. The minimum Gasteiger partial charge on any atom is -0.478 e. The van der Waals surface area contributed by atoms with Gasteiger partial charge in [-0.15, -0.1) is 5.10 Å². The first kappa shape index (κ1) is 18.4. The number of anilines is 1. The van der Waals surface area contributed by atoms with Crippen molar-refractivity contribution in [2.45, 2.75) is 20.0 Å². The number of aromatic nitrogens is 3. The summed E-state index contributed by atoms with van der Waals surface area (Å²) in [5, 5.41) is 15.8. The maximum Gasteiger partial charge on any atom is 0.416 e.